The molecule has 1 saturated carbocycles. The Hall–Kier alpha value is -1.08. The van der Waals surface area contributed by atoms with Gasteiger partial charge in [-0.1, -0.05) is 24.6 Å². The van der Waals surface area contributed by atoms with Gasteiger partial charge in [-0.2, -0.15) is 8.78 Å². The molecule has 0 radical (unpaired) electrons. The summed E-state index contributed by atoms with van der Waals surface area (Å²) in [5, 5.41) is 12.5. The first-order valence-corrected chi connectivity index (χ1v) is 7.58. The number of halogens is 2. The molecule has 0 bridgehead atoms. The van der Waals surface area contributed by atoms with Crippen LogP contribution < -0.4 is 5.32 Å². The Morgan fingerprint density at radius 1 is 1.45 bits per heavy atom. The molecule has 0 aromatic carbocycles. The van der Waals surface area contributed by atoms with Crippen LogP contribution in [0.4, 0.5) is 8.78 Å². The van der Waals surface area contributed by atoms with Gasteiger partial charge in [-0.15, -0.1) is 0 Å². The summed E-state index contributed by atoms with van der Waals surface area (Å²) in [6, 6.07) is 2.72. The highest BCUT2D eigenvalue weighted by molar-refractivity contribution is 7.98. The van der Waals surface area contributed by atoms with E-state index in [4.69, 9.17) is 4.42 Å². The van der Waals surface area contributed by atoms with E-state index in [1.807, 2.05) is 0 Å². The SMILES string of the molecule is O=C(N[C@@H]1CCCC[C@H]1O)c1ccc(CSC(F)F)o1. The molecule has 7 heteroatoms. The van der Waals surface area contributed by atoms with E-state index in [1.54, 1.807) is 0 Å². The van der Waals surface area contributed by atoms with Gasteiger partial charge < -0.3 is 14.8 Å². The molecule has 1 aromatic rings. The van der Waals surface area contributed by atoms with Crippen molar-refractivity contribution in [3.63, 3.8) is 0 Å². The second-order valence-corrected chi connectivity index (χ2v) is 5.75. The summed E-state index contributed by atoms with van der Waals surface area (Å²) < 4.78 is 29.3. The van der Waals surface area contributed by atoms with E-state index < -0.39 is 17.8 Å². The number of alkyl halides is 2. The fraction of sp³-hybridized carbons (Fsp3) is 0.615. The summed E-state index contributed by atoms with van der Waals surface area (Å²) in [5.41, 5.74) is 0. The van der Waals surface area contributed by atoms with Crippen molar-refractivity contribution in [2.75, 3.05) is 0 Å². The second-order valence-electron chi connectivity index (χ2n) is 4.77. The molecule has 2 atom stereocenters. The molecule has 2 N–H and O–H groups in total. The molecule has 1 aromatic heterocycles. The van der Waals surface area contributed by atoms with Crippen LogP contribution in [0.1, 0.15) is 42.0 Å². The normalized spacial score (nSPS) is 23.0. The molecule has 0 spiro atoms. The van der Waals surface area contributed by atoms with Crippen molar-refractivity contribution in [3.8, 4) is 0 Å². The monoisotopic (exact) mass is 305 g/mol. The van der Waals surface area contributed by atoms with Crippen LogP contribution in [0.2, 0.25) is 0 Å². The van der Waals surface area contributed by atoms with Crippen molar-refractivity contribution in [1.29, 1.82) is 0 Å². The Kier molecular flexibility index (Phi) is 5.42. The Morgan fingerprint density at radius 3 is 2.90 bits per heavy atom. The number of hydrogen-bond acceptors (Lipinski definition) is 4. The number of aliphatic hydroxyl groups excluding tert-OH is 1. The lowest BCUT2D eigenvalue weighted by Gasteiger charge is -2.27. The van der Waals surface area contributed by atoms with Gasteiger partial charge in [0.1, 0.15) is 5.76 Å². The molecule has 1 aliphatic carbocycles. The summed E-state index contributed by atoms with van der Waals surface area (Å²) in [7, 11) is 0. The van der Waals surface area contributed by atoms with E-state index in [1.165, 1.54) is 12.1 Å². The molecular formula is C13H17F2NO3S. The van der Waals surface area contributed by atoms with Gasteiger partial charge in [0.05, 0.1) is 17.9 Å². The van der Waals surface area contributed by atoms with Gasteiger partial charge in [0.15, 0.2) is 5.76 Å². The molecule has 1 amide bonds. The minimum atomic E-state index is -2.46. The average Bonchev–Trinajstić information content (AvgIpc) is 2.88. The zero-order valence-corrected chi connectivity index (χ0v) is 11.7. The van der Waals surface area contributed by atoms with Gasteiger partial charge in [0.25, 0.3) is 11.7 Å². The van der Waals surface area contributed by atoms with Crippen molar-refractivity contribution in [3.05, 3.63) is 23.7 Å². The number of nitrogens with one attached hydrogen (secondary N) is 1. The standard InChI is InChI=1S/C13H17F2NO3S/c14-13(15)20-7-8-5-6-11(19-8)12(18)16-9-3-1-2-4-10(9)17/h5-6,9-10,13,17H,1-4,7H2,(H,16,18)/t9-,10-/m1/s1. The number of rotatable bonds is 5. The molecule has 1 aliphatic rings. The minimum Gasteiger partial charge on any atom is -0.455 e. The Bertz CT molecular complexity index is 453. The van der Waals surface area contributed by atoms with Crippen LogP contribution in [0.5, 0.6) is 0 Å². The smallest absolute Gasteiger partial charge is 0.287 e. The fourth-order valence-corrected chi connectivity index (χ4v) is 2.69. The van der Waals surface area contributed by atoms with Gasteiger partial charge in [0.2, 0.25) is 0 Å². The summed E-state index contributed by atoms with van der Waals surface area (Å²) in [6.45, 7) is 0. The second kappa shape index (κ2) is 7.08. The molecule has 4 nitrogen and oxygen atoms in total. The Balaban J connectivity index is 1.88. The van der Waals surface area contributed by atoms with Crippen molar-refractivity contribution >= 4 is 17.7 Å². The number of furan rings is 1. The first kappa shape index (κ1) is 15.3. The number of amides is 1. The quantitative estimate of drug-likeness (QED) is 0.878. The van der Waals surface area contributed by atoms with Gasteiger partial charge in [0, 0.05) is 0 Å². The van der Waals surface area contributed by atoms with Gasteiger partial charge in [-0.25, -0.2) is 0 Å². The number of carbonyl (C=O) groups is 1. The van der Waals surface area contributed by atoms with Crippen molar-refractivity contribution in [1.82, 2.24) is 5.32 Å². The molecule has 1 heterocycles. The molecular weight excluding hydrogens is 288 g/mol. The predicted octanol–water partition coefficient (Wildman–Crippen LogP) is 2.77. The van der Waals surface area contributed by atoms with E-state index in [0.29, 0.717) is 23.9 Å². The lowest BCUT2D eigenvalue weighted by atomic mass is 9.92. The molecule has 0 unspecified atom stereocenters. The Labute approximate surface area is 119 Å². The maximum absolute atomic E-state index is 12.1. The molecule has 2 rings (SSSR count). The average molecular weight is 305 g/mol. The largest absolute Gasteiger partial charge is 0.455 e. The molecule has 1 fully saturated rings. The maximum atomic E-state index is 12.1. The van der Waals surface area contributed by atoms with Crippen LogP contribution in [0.15, 0.2) is 16.5 Å². The summed E-state index contributed by atoms with van der Waals surface area (Å²) in [5.74, 6) is -2.42. The third-order valence-electron chi connectivity index (χ3n) is 3.28. The highest BCUT2D eigenvalue weighted by Crippen LogP contribution is 2.22. The van der Waals surface area contributed by atoms with Crippen LogP contribution in [0.3, 0.4) is 0 Å². The third kappa shape index (κ3) is 4.21. The van der Waals surface area contributed by atoms with Crippen molar-refractivity contribution < 1.29 is 23.1 Å². The fourth-order valence-electron chi connectivity index (χ4n) is 2.24. The molecule has 0 saturated heterocycles. The van der Waals surface area contributed by atoms with Crippen molar-refractivity contribution in [2.45, 2.75) is 49.3 Å². The summed E-state index contributed by atoms with van der Waals surface area (Å²) in [6.07, 6.45) is 2.82. The molecule has 0 aliphatic heterocycles. The van der Waals surface area contributed by atoms with E-state index in [2.05, 4.69) is 5.32 Å². The zero-order chi connectivity index (χ0) is 14.5. The summed E-state index contributed by atoms with van der Waals surface area (Å²) >= 11 is 0.447. The minimum absolute atomic E-state index is 0.0248. The highest BCUT2D eigenvalue weighted by Gasteiger charge is 2.25. The van der Waals surface area contributed by atoms with Gasteiger partial charge >= 0.3 is 0 Å². The zero-order valence-electron chi connectivity index (χ0n) is 10.9. The highest BCUT2D eigenvalue weighted by atomic mass is 32.2. The number of hydrogen-bond donors (Lipinski definition) is 2. The lowest BCUT2D eigenvalue weighted by molar-refractivity contribution is 0.0697. The number of carbonyl (C=O) groups excluding carboxylic acids is 1. The molecule has 20 heavy (non-hydrogen) atoms. The van der Waals surface area contributed by atoms with Gasteiger partial charge in [-0.05, 0) is 25.0 Å². The number of thioether (sulfide) groups is 1. The van der Waals surface area contributed by atoms with Crippen LogP contribution >= 0.6 is 11.8 Å². The Morgan fingerprint density at radius 2 is 2.20 bits per heavy atom. The van der Waals surface area contributed by atoms with Crippen LogP contribution in [0, 0.1) is 0 Å². The molecule has 112 valence electrons. The summed E-state index contributed by atoms with van der Waals surface area (Å²) in [4.78, 5) is 11.9. The predicted molar refractivity (Wildman–Crippen MR) is 71.7 cm³/mol. The van der Waals surface area contributed by atoms with E-state index in [0.717, 1.165) is 19.3 Å². The van der Waals surface area contributed by atoms with Crippen molar-refractivity contribution in [2.24, 2.45) is 0 Å². The topological polar surface area (TPSA) is 62.5 Å². The van der Waals surface area contributed by atoms with Gasteiger partial charge in [-0.3, -0.25) is 4.79 Å². The first-order valence-electron chi connectivity index (χ1n) is 6.53. The number of aliphatic hydroxyl groups is 1. The van der Waals surface area contributed by atoms with E-state index >= 15 is 0 Å². The van der Waals surface area contributed by atoms with E-state index in [9.17, 15) is 18.7 Å². The maximum Gasteiger partial charge on any atom is 0.287 e. The van der Waals surface area contributed by atoms with Crippen LogP contribution in [-0.4, -0.2) is 28.9 Å². The third-order valence-corrected chi connectivity index (χ3v) is 3.99. The lowest BCUT2D eigenvalue weighted by Crippen LogP contribution is -2.44. The van der Waals surface area contributed by atoms with Crippen LogP contribution in [-0.2, 0) is 5.75 Å². The van der Waals surface area contributed by atoms with E-state index in [-0.39, 0.29) is 17.6 Å². The van der Waals surface area contributed by atoms with Crippen LogP contribution in [0.25, 0.3) is 0 Å². The first-order chi connectivity index (χ1) is 9.56.